The van der Waals surface area contributed by atoms with Crippen molar-refractivity contribution in [3.63, 3.8) is 0 Å². The molecule has 0 aliphatic rings. The molecule has 96 valence electrons. The van der Waals surface area contributed by atoms with Gasteiger partial charge in [-0.15, -0.1) is 0 Å². The van der Waals surface area contributed by atoms with E-state index < -0.39 is 17.8 Å². The molecule has 1 rings (SSSR count). The number of benzene rings is 1. The third kappa shape index (κ3) is 3.89. The van der Waals surface area contributed by atoms with Crippen LogP contribution < -0.4 is 5.73 Å². The van der Waals surface area contributed by atoms with Gasteiger partial charge in [0.25, 0.3) is 0 Å². The van der Waals surface area contributed by atoms with Crippen molar-refractivity contribution in [3.05, 3.63) is 34.3 Å². The minimum atomic E-state index is -4.41. The Bertz CT molecular complexity index is 377. The lowest BCUT2D eigenvalue weighted by Gasteiger charge is -2.18. The fourth-order valence-corrected chi connectivity index (χ4v) is 1.85. The van der Waals surface area contributed by atoms with Gasteiger partial charge < -0.3 is 5.73 Å². The summed E-state index contributed by atoms with van der Waals surface area (Å²) in [5, 5.41) is 0.0729. The van der Waals surface area contributed by atoms with Gasteiger partial charge in [0.05, 0.1) is 5.56 Å². The summed E-state index contributed by atoms with van der Waals surface area (Å²) in [6, 6.07) is 3.15. The average molecular weight is 266 g/mol. The zero-order valence-corrected chi connectivity index (χ0v) is 10.3. The zero-order valence-electron chi connectivity index (χ0n) is 9.52. The lowest BCUT2D eigenvalue weighted by atomic mass is 9.96. The van der Waals surface area contributed by atoms with Crippen LogP contribution in [0.1, 0.15) is 43.4 Å². The van der Waals surface area contributed by atoms with Gasteiger partial charge in [-0.2, -0.15) is 13.2 Å². The van der Waals surface area contributed by atoms with Crippen LogP contribution in [0.25, 0.3) is 0 Å². The van der Waals surface area contributed by atoms with E-state index in [-0.39, 0.29) is 10.6 Å². The van der Waals surface area contributed by atoms with Gasteiger partial charge in [-0.1, -0.05) is 37.4 Å². The summed E-state index contributed by atoms with van der Waals surface area (Å²) >= 11 is 5.59. The number of alkyl halides is 3. The molecule has 0 aliphatic heterocycles. The molecule has 0 aromatic heterocycles. The Morgan fingerprint density at radius 2 is 2.00 bits per heavy atom. The highest BCUT2D eigenvalue weighted by Gasteiger charge is 2.34. The molecule has 0 heterocycles. The third-order valence-electron chi connectivity index (χ3n) is 2.59. The summed E-state index contributed by atoms with van der Waals surface area (Å²) in [5.41, 5.74) is 5.18. The first-order valence-electron chi connectivity index (χ1n) is 5.48. The monoisotopic (exact) mass is 265 g/mol. The molecule has 2 N–H and O–H groups in total. The van der Waals surface area contributed by atoms with E-state index in [0.29, 0.717) is 6.42 Å². The van der Waals surface area contributed by atoms with Crippen molar-refractivity contribution in [1.29, 1.82) is 0 Å². The summed E-state index contributed by atoms with van der Waals surface area (Å²) in [7, 11) is 0. The number of rotatable bonds is 4. The van der Waals surface area contributed by atoms with Crippen molar-refractivity contribution in [3.8, 4) is 0 Å². The van der Waals surface area contributed by atoms with E-state index in [0.717, 1.165) is 18.9 Å². The van der Waals surface area contributed by atoms with Crippen LogP contribution in [0.2, 0.25) is 5.02 Å². The largest absolute Gasteiger partial charge is 0.416 e. The fraction of sp³-hybridized carbons (Fsp3) is 0.500. The van der Waals surface area contributed by atoms with Gasteiger partial charge in [-0.25, -0.2) is 0 Å². The SMILES string of the molecule is CCCC[C@@H](N)c1ccc(Cl)cc1C(F)(F)F. The van der Waals surface area contributed by atoms with Crippen molar-refractivity contribution >= 4 is 11.6 Å². The zero-order chi connectivity index (χ0) is 13.1. The van der Waals surface area contributed by atoms with Gasteiger partial charge in [-0.05, 0) is 24.1 Å². The standard InChI is InChI=1S/C12H15ClF3N/c1-2-3-4-11(17)9-6-5-8(13)7-10(9)12(14,15)16/h5-7,11H,2-4,17H2,1H3/t11-/m1/s1. The van der Waals surface area contributed by atoms with Crippen LogP contribution >= 0.6 is 11.6 Å². The minimum Gasteiger partial charge on any atom is -0.324 e. The molecule has 0 bridgehead atoms. The molecule has 17 heavy (non-hydrogen) atoms. The van der Waals surface area contributed by atoms with E-state index in [1.165, 1.54) is 12.1 Å². The molecular formula is C12H15ClF3N. The Morgan fingerprint density at radius 1 is 1.35 bits per heavy atom. The van der Waals surface area contributed by atoms with E-state index in [1.807, 2.05) is 6.92 Å². The molecule has 0 radical (unpaired) electrons. The molecule has 1 atom stereocenters. The number of hydrogen-bond donors (Lipinski definition) is 1. The summed E-state index contributed by atoms with van der Waals surface area (Å²) < 4.78 is 38.4. The van der Waals surface area contributed by atoms with Gasteiger partial charge in [-0.3, -0.25) is 0 Å². The molecule has 1 aromatic carbocycles. The van der Waals surface area contributed by atoms with Gasteiger partial charge in [0.1, 0.15) is 0 Å². The maximum absolute atomic E-state index is 12.8. The topological polar surface area (TPSA) is 26.0 Å². The first kappa shape index (κ1) is 14.3. The Labute approximate surface area is 104 Å². The lowest BCUT2D eigenvalue weighted by molar-refractivity contribution is -0.138. The molecule has 5 heteroatoms. The highest BCUT2D eigenvalue weighted by Crippen LogP contribution is 2.36. The molecule has 0 aliphatic carbocycles. The van der Waals surface area contributed by atoms with E-state index in [2.05, 4.69) is 0 Å². The normalized spacial score (nSPS) is 13.8. The molecule has 1 nitrogen and oxygen atoms in total. The van der Waals surface area contributed by atoms with Crippen molar-refractivity contribution in [1.82, 2.24) is 0 Å². The molecule has 0 saturated carbocycles. The third-order valence-corrected chi connectivity index (χ3v) is 2.82. The summed E-state index contributed by atoms with van der Waals surface area (Å²) in [4.78, 5) is 0. The molecule has 0 saturated heterocycles. The second kappa shape index (κ2) is 5.74. The van der Waals surface area contributed by atoms with E-state index in [4.69, 9.17) is 17.3 Å². The summed E-state index contributed by atoms with van der Waals surface area (Å²) in [5.74, 6) is 0. The predicted molar refractivity (Wildman–Crippen MR) is 62.9 cm³/mol. The van der Waals surface area contributed by atoms with E-state index in [1.54, 1.807) is 0 Å². The summed E-state index contributed by atoms with van der Waals surface area (Å²) in [6.45, 7) is 1.97. The lowest BCUT2D eigenvalue weighted by Crippen LogP contribution is -2.17. The first-order chi connectivity index (χ1) is 7.86. The van der Waals surface area contributed by atoms with Crippen LogP contribution in [-0.2, 0) is 6.18 Å². The number of hydrogen-bond acceptors (Lipinski definition) is 1. The molecule has 0 fully saturated rings. The Hall–Kier alpha value is -0.740. The van der Waals surface area contributed by atoms with Crippen molar-refractivity contribution in [2.24, 2.45) is 5.73 Å². The quantitative estimate of drug-likeness (QED) is 0.849. The van der Waals surface area contributed by atoms with Gasteiger partial charge >= 0.3 is 6.18 Å². The van der Waals surface area contributed by atoms with Crippen LogP contribution in [0.3, 0.4) is 0 Å². The molecular weight excluding hydrogens is 251 g/mol. The average Bonchev–Trinajstić information content (AvgIpc) is 2.24. The van der Waals surface area contributed by atoms with Gasteiger partial charge in [0.2, 0.25) is 0 Å². The maximum Gasteiger partial charge on any atom is 0.416 e. The van der Waals surface area contributed by atoms with E-state index in [9.17, 15) is 13.2 Å². The fourth-order valence-electron chi connectivity index (χ4n) is 1.68. The second-order valence-electron chi connectivity index (χ2n) is 3.98. The van der Waals surface area contributed by atoms with Crippen LogP contribution in [0.15, 0.2) is 18.2 Å². The predicted octanol–water partition coefficient (Wildman–Crippen LogP) is 4.55. The van der Waals surface area contributed by atoms with E-state index >= 15 is 0 Å². The van der Waals surface area contributed by atoms with Gasteiger partial charge in [0, 0.05) is 11.1 Å². The summed E-state index contributed by atoms with van der Waals surface area (Å²) in [6.07, 6.45) is -2.16. The highest BCUT2D eigenvalue weighted by molar-refractivity contribution is 6.30. The Kier molecular flexibility index (Phi) is 4.83. The number of halogens is 4. The molecule has 1 aromatic rings. The maximum atomic E-state index is 12.8. The Morgan fingerprint density at radius 3 is 2.53 bits per heavy atom. The van der Waals surface area contributed by atoms with Crippen LogP contribution in [-0.4, -0.2) is 0 Å². The number of nitrogens with two attached hydrogens (primary N) is 1. The van der Waals surface area contributed by atoms with Crippen LogP contribution in [0.5, 0.6) is 0 Å². The molecule has 0 unspecified atom stereocenters. The highest BCUT2D eigenvalue weighted by atomic mass is 35.5. The van der Waals surface area contributed by atoms with Gasteiger partial charge in [0.15, 0.2) is 0 Å². The van der Waals surface area contributed by atoms with Crippen molar-refractivity contribution < 1.29 is 13.2 Å². The number of unbranched alkanes of at least 4 members (excludes halogenated alkanes) is 1. The van der Waals surface area contributed by atoms with Crippen LogP contribution in [0, 0.1) is 0 Å². The first-order valence-corrected chi connectivity index (χ1v) is 5.86. The molecule has 0 amide bonds. The van der Waals surface area contributed by atoms with Crippen molar-refractivity contribution in [2.45, 2.75) is 38.4 Å². The second-order valence-corrected chi connectivity index (χ2v) is 4.41. The minimum absolute atomic E-state index is 0.0729. The Balaban J connectivity index is 3.06. The smallest absolute Gasteiger partial charge is 0.324 e. The van der Waals surface area contributed by atoms with Crippen molar-refractivity contribution in [2.75, 3.05) is 0 Å². The van der Waals surface area contributed by atoms with Crippen LogP contribution in [0.4, 0.5) is 13.2 Å². The molecule has 0 spiro atoms.